The fraction of sp³-hybridized carbons (Fsp3) is 0.667. The first-order valence-corrected chi connectivity index (χ1v) is 9.93. The Labute approximate surface area is 174 Å². The van der Waals surface area contributed by atoms with Crippen molar-refractivity contribution in [1.82, 2.24) is 19.9 Å². The minimum atomic E-state index is -0.393. The van der Waals surface area contributed by atoms with E-state index in [1.807, 2.05) is 4.90 Å². The molecule has 0 saturated carbocycles. The molecule has 160 valence electrons. The summed E-state index contributed by atoms with van der Waals surface area (Å²) in [4.78, 5) is 32.7. The lowest BCUT2D eigenvalue weighted by molar-refractivity contribution is 0.0818. The van der Waals surface area contributed by atoms with Crippen LogP contribution in [0.25, 0.3) is 11.0 Å². The molecule has 3 heterocycles. The quantitative estimate of drug-likeness (QED) is 0.589. The number of hydrogen-bond acceptors (Lipinski definition) is 9. The molecule has 0 amide bonds. The molecule has 11 heteroatoms. The van der Waals surface area contributed by atoms with Crippen molar-refractivity contribution in [2.75, 3.05) is 70.5 Å². The van der Waals surface area contributed by atoms with Crippen molar-refractivity contribution < 1.29 is 14.2 Å². The highest BCUT2D eigenvalue weighted by molar-refractivity contribution is 6.28. The predicted molar refractivity (Wildman–Crippen MR) is 111 cm³/mol. The number of ether oxygens (including phenoxy) is 3. The van der Waals surface area contributed by atoms with E-state index in [4.69, 9.17) is 30.8 Å². The van der Waals surface area contributed by atoms with Crippen LogP contribution < -0.4 is 15.4 Å². The number of methoxy groups -OCH3 is 3. The number of nitrogens with zero attached hydrogens (tertiary/aromatic N) is 5. The number of aromatic amines is 1. The smallest absolute Gasteiger partial charge is 0.278 e. The Bertz CT molecular complexity index is 863. The molecule has 10 nitrogen and oxygen atoms in total. The maximum Gasteiger partial charge on any atom is 0.278 e. The molecule has 0 unspecified atom stereocenters. The summed E-state index contributed by atoms with van der Waals surface area (Å²) in [5, 5.41) is 0.0162. The van der Waals surface area contributed by atoms with Crippen LogP contribution in [0.2, 0.25) is 5.28 Å². The second-order valence-electron chi connectivity index (χ2n) is 6.80. The molecule has 1 aliphatic rings. The zero-order chi connectivity index (χ0) is 20.8. The number of nitrogens with one attached hydrogen (secondary N) is 1. The van der Waals surface area contributed by atoms with Gasteiger partial charge in [-0.3, -0.25) is 9.78 Å². The Balaban J connectivity index is 2.06. The van der Waals surface area contributed by atoms with Crippen molar-refractivity contribution in [3.63, 3.8) is 0 Å². The lowest BCUT2D eigenvalue weighted by Crippen LogP contribution is -2.38. The van der Waals surface area contributed by atoms with E-state index in [0.29, 0.717) is 43.6 Å². The average molecular weight is 427 g/mol. The Kier molecular flexibility index (Phi) is 7.59. The SMILES string of the molecule is COCCN(CCOC)c1nc(N2CCC(OC)CC2)c2nc(Cl)[nH]c(=O)c2n1. The van der Waals surface area contributed by atoms with Gasteiger partial charge < -0.3 is 24.0 Å². The fourth-order valence-corrected chi connectivity index (χ4v) is 3.52. The molecule has 2 aromatic heterocycles. The molecule has 1 saturated heterocycles. The molecular formula is C18H27ClN6O4. The fourth-order valence-electron chi connectivity index (χ4n) is 3.35. The van der Waals surface area contributed by atoms with Crippen LogP contribution in [0, 0.1) is 0 Å². The van der Waals surface area contributed by atoms with Gasteiger partial charge in [0.2, 0.25) is 11.2 Å². The van der Waals surface area contributed by atoms with Crippen molar-refractivity contribution in [2.45, 2.75) is 18.9 Å². The first-order valence-electron chi connectivity index (χ1n) is 9.55. The van der Waals surface area contributed by atoms with Gasteiger partial charge in [0, 0.05) is 47.5 Å². The van der Waals surface area contributed by atoms with Crippen LogP contribution in [0.15, 0.2) is 4.79 Å². The second kappa shape index (κ2) is 10.1. The molecule has 1 N–H and O–H groups in total. The summed E-state index contributed by atoms with van der Waals surface area (Å²) >= 11 is 6.02. The van der Waals surface area contributed by atoms with E-state index in [1.165, 1.54) is 0 Å². The minimum Gasteiger partial charge on any atom is -0.383 e. The largest absolute Gasteiger partial charge is 0.383 e. The molecule has 1 aliphatic heterocycles. The van der Waals surface area contributed by atoms with E-state index in [-0.39, 0.29) is 16.9 Å². The summed E-state index contributed by atoms with van der Waals surface area (Å²) in [6, 6.07) is 0. The Morgan fingerprint density at radius 1 is 1.07 bits per heavy atom. The lowest BCUT2D eigenvalue weighted by atomic mass is 10.1. The molecule has 0 aromatic carbocycles. The summed E-state index contributed by atoms with van der Waals surface area (Å²) in [6.07, 6.45) is 1.95. The van der Waals surface area contributed by atoms with E-state index in [1.54, 1.807) is 21.3 Å². The second-order valence-corrected chi connectivity index (χ2v) is 7.15. The molecule has 0 spiro atoms. The standard InChI is InChI=1S/C18H27ClN6O4/c1-27-10-8-25(9-11-28-2)18-21-14-13(20-17(19)23-16(14)26)15(22-18)24-6-4-12(29-3)5-7-24/h12H,4-11H2,1-3H3,(H,20,23,26). The van der Waals surface area contributed by atoms with Gasteiger partial charge in [0.05, 0.1) is 19.3 Å². The number of aromatic nitrogens is 4. The van der Waals surface area contributed by atoms with Gasteiger partial charge in [-0.1, -0.05) is 0 Å². The van der Waals surface area contributed by atoms with Gasteiger partial charge in [-0.2, -0.15) is 4.98 Å². The third-order valence-corrected chi connectivity index (χ3v) is 5.16. The first kappa shape index (κ1) is 21.7. The average Bonchev–Trinajstić information content (AvgIpc) is 2.73. The monoisotopic (exact) mass is 426 g/mol. The zero-order valence-electron chi connectivity index (χ0n) is 17.0. The number of halogens is 1. The van der Waals surface area contributed by atoms with Crippen LogP contribution in [0.3, 0.4) is 0 Å². The highest BCUT2D eigenvalue weighted by Crippen LogP contribution is 2.27. The van der Waals surface area contributed by atoms with E-state index in [9.17, 15) is 4.79 Å². The zero-order valence-corrected chi connectivity index (χ0v) is 17.7. The van der Waals surface area contributed by atoms with Gasteiger partial charge in [-0.05, 0) is 24.4 Å². The summed E-state index contributed by atoms with van der Waals surface area (Å²) in [6.45, 7) is 3.60. The van der Waals surface area contributed by atoms with E-state index < -0.39 is 5.56 Å². The predicted octanol–water partition coefficient (Wildman–Crippen LogP) is 1.08. The number of H-pyrrole nitrogens is 1. The molecule has 0 bridgehead atoms. The first-order chi connectivity index (χ1) is 14.1. The Morgan fingerprint density at radius 3 is 2.31 bits per heavy atom. The minimum absolute atomic E-state index is 0.0162. The topological polar surface area (TPSA) is 106 Å². The van der Waals surface area contributed by atoms with Gasteiger partial charge in [0.15, 0.2) is 11.3 Å². The number of piperidine rings is 1. The third-order valence-electron chi connectivity index (χ3n) is 4.98. The van der Waals surface area contributed by atoms with Crippen LogP contribution in [-0.2, 0) is 14.2 Å². The van der Waals surface area contributed by atoms with Gasteiger partial charge in [0.25, 0.3) is 5.56 Å². The normalized spacial score (nSPS) is 15.2. The number of anilines is 2. The summed E-state index contributed by atoms with van der Waals surface area (Å²) in [7, 11) is 5.00. The van der Waals surface area contributed by atoms with E-state index in [0.717, 1.165) is 25.9 Å². The van der Waals surface area contributed by atoms with Gasteiger partial charge in [0.1, 0.15) is 5.52 Å². The highest BCUT2D eigenvalue weighted by Gasteiger charge is 2.25. The molecular weight excluding hydrogens is 400 g/mol. The maximum atomic E-state index is 12.6. The van der Waals surface area contributed by atoms with Crippen molar-refractivity contribution >= 4 is 34.4 Å². The van der Waals surface area contributed by atoms with Gasteiger partial charge in [-0.15, -0.1) is 0 Å². The maximum absolute atomic E-state index is 12.6. The van der Waals surface area contributed by atoms with Crippen LogP contribution in [-0.4, -0.2) is 86.8 Å². The molecule has 29 heavy (non-hydrogen) atoms. The number of fused-ring (bicyclic) bond motifs is 1. The van der Waals surface area contributed by atoms with Crippen LogP contribution in [0.5, 0.6) is 0 Å². The van der Waals surface area contributed by atoms with Crippen LogP contribution in [0.4, 0.5) is 11.8 Å². The molecule has 0 aliphatic carbocycles. The molecule has 2 aromatic rings. The Morgan fingerprint density at radius 2 is 1.72 bits per heavy atom. The van der Waals surface area contributed by atoms with E-state index >= 15 is 0 Å². The summed E-state index contributed by atoms with van der Waals surface area (Å²) in [5.41, 5.74) is 0.218. The molecule has 3 rings (SSSR count). The highest BCUT2D eigenvalue weighted by atomic mass is 35.5. The van der Waals surface area contributed by atoms with Gasteiger partial charge >= 0.3 is 0 Å². The van der Waals surface area contributed by atoms with Crippen molar-refractivity contribution in [3.05, 3.63) is 15.6 Å². The number of hydrogen-bond donors (Lipinski definition) is 1. The lowest BCUT2D eigenvalue weighted by Gasteiger charge is -2.33. The third kappa shape index (κ3) is 5.13. The van der Waals surface area contributed by atoms with Crippen molar-refractivity contribution in [3.8, 4) is 0 Å². The van der Waals surface area contributed by atoms with Gasteiger partial charge in [-0.25, -0.2) is 9.97 Å². The Hall–Kier alpha value is -2.01. The molecule has 0 atom stereocenters. The number of rotatable bonds is 9. The van der Waals surface area contributed by atoms with Crippen molar-refractivity contribution in [1.29, 1.82) is 0 Å². The molecule has 0 radical (unpaired) electrons. The van der Waals surface area contributed by atoms with Crippen LogP contribution >= 0.6 is 11.6 Å². The summed E-state index contributed by atoms with van der Waals surface area (Å²) < 4.78 is 15.9. The van der Waals surface area contributed by atoms with Crippen LogP contribution in [0.1, 0.15) is 12.8 Å². The van der Waals surface area contributed by atoms with E-state index in [2.05, 4.69) is 19.9 Å². The molecule has 1 fully saturated rings. The van der Waals surface area contributed by atoms with Crippen molar-refractivity contribution in [2.24, 2.45) is 0 Å². The summed E-state index contributed by atoms with van der Waals surface area (Å²) in [5.74, 6) is 1.04.